The third kappa shape index (κ3) is 50.6. The van der Waals surface area contributed by atoms with E-state index < -0.39 is 7.82 Å². The SMILES string of the molecule is O=P(O)(O)O.[Na][CH2]CCCBr. The second kappa shape index (κ2) is 9.68. The molecule has 3 N–H and O–H groups in total. The Hall–Kier alpha value is 1.59. The zero-order valence-electron chi connectivity index (χ0n) is 6.40. The van der Waals surface area contributed by atoms with Crippen molar-refractivity contribution < 1.29 is 19.2 Å². The maximum absolute atomic E-state index is 8.88. The number of hydrogen-bond donors (Lipinski definition) is 3. The number of alkyl halides is 1. The van der Waals surface area contributed by atoms with Crippen LogP contribution in [0.1, 0.15) is 12.8 Å². The average Bonchev–Trinajstić information content (AvgIpc) is 1.79. The van der Waals surface area contributed by atoms with Crippen molar-refractivity contribution in [3.63, 3.8) is 0 Å². The molecule has 0 unspecified atom stereocenters. The van der Waals surface area contributed by atoms with Crippen LogP contribution in [0.4, 0.5) is 0 Å². The van der Waals surface area contributed by atoms with Crippen LogP contribution in [0.15, 0.2) is 0 Å². The summed E-state index contributed by atoms with van der Waals surface area (Å²) in [6, 6.07) is 0. The van der Waals surface area contributed by atoms with Crippen LogP contribution in [0.25, 0.3) is 0 Å². The topological polar surface area (TPSA) is 77.8 Å². The fourth-order valence-electron chi connectivity index (χ4n) is 0.344. The molecule has 0 heterocycles. The normalized spacial score (nSPS) is 10.4. The van der Waals surface area contributed by atoms with Crippen LogP contribution in [0.2, 0.25) is 3.67 Å². The molecule has 0 saturated carbocycles. The molecule has 0 aliphatic rings. The van der Waals surface area contributed by atoms with Crippen LogP contribution >= 0.6 is 23.8 Å². The molecular formula is C4H11BrNaO4P. The molecule has 0 atom stereocenters. The first-order chi connectivity index (χ1) is 4.91. The van der Waals surface area contributed by atoms with Gasteiger partial charge >= 0.3 is 73.5 Å². The van der Waals surface area contributed by atoms with E-state index in [2.05, 4.69) is 15.9 Å². The second-order valence-electron chi connectivity index (χ2n) is 1.91. The van der Waals surface area contributed by atoms with Crippen LogP contribution in [0.5, 0.6) is 0 Å². The average molecular weight is 257 g/mol. The third-order valence-corrected chi connectivity index (χ3v) is 2.01. The summed E-state index contributed by atoms with van der Waals surface area (Å²) in [7, 11) is -4.64. The van der Waals surface area contributed by atoms with Crippen molar-refractivity contribution in [3.05, 3.63) is 0 Å². The summed E-state index contributed by atoms with van der Waals surface area (Å²) >= 11 is 4.75. The molecule has 0 amide bonds. The molecule has 0 aliphatic heterocycles. The van der Waals surface area contributed by atoms with Crippen molar-refractivity contribution in [2.45, 2.75) is 16.5 Å². The minimum absolute atomic E-state index is 1.19. The standard InChI is InChI=1S/C4H8Br.Na.H3O4P/c1-2-3-4-5;;1-5(2,3)4/h1-4H2;;(H3,1,2,3,4). The fourth-order valence-corrected chi connectivity index (χ4v) is 1.24. The van der Waals surface area contributed by atoms with Crippen molar-refractivity contribution in [2.75, 3.05) is 5.33 Å². The number of rotatable bonds is 3. The summed E-state index contributed by atoms with van der Waals surface area (Å²) in [5, 5.41) is 1.19. The van der Waals surface area contributed by atoms with E-state index in [0.29, 0.717) is 0 Å². The van der Waals surface area contributed by atoms with Crippen molar-refractivity contribution in [1.82, 2.24) is 0 Å². The molecule has 0 radical (unpaired) electrons. The number of halogens is 1. The Morgan fingerprint density at radius 1 is 1.27 bits per heavy atom. The first-order valence-corrected chi connectivity index (χ1v) is 7.36. The zero-order chi connectivity index (χ0) is 9.33. The predicted molar refractivity (Wildman–Crippen MR) is 47.9 cm³/mol. The van der Waals surface area contributed by atoms with E-state index in [4.69, 9.17) is 19.2 Å². The predicted octanol–water partition coefficient (Wildman–Crippen LogP) is 0.820. The van der Waals surface area contributed by atoms with E-state index in [1.165, 1.54) is 49.8 Å². The molecule has 0 bridgehead atoms. The van der Waals surface area contributed by atoms with Crippen LogP contribution in [-0.4, -0.2) is 47.9 Å². The van der Waals surface area contributed by atoms with E-state index in [0.717, 1.165) is 0 Å². The van der Waals surface area contributed by atoms with Gasteiger partial charge in [0.25, 0.3) is 0 Å². The summed E-state index contributed by atoms with van der Waals surface area (Å²) in [6.07, 6.45) is 2.79. The molecule has 0 aromatic heterocycles. The van der Waals surface area contributed by atoms with Crippen LogP contribution in [0.3, 0.4) is 0 Å². The first-order valence-electron chi connectivity index (χ1n) is 3.26. The van der Waals surface area contributed by atoms with Crippen molar-refractivity contribution in [3.8, 4) is 0 Å². The Bertz CT molecular complexity index is 104. The van der Waals surface area contributed by atoms with Crippen molar-refractivity contribution in [1.29, 1.82) is 0 Å². The van der Waals surface area contributed by atoms with Gasteiger partial charge in [0, 0.05) is 0 Å². The fraction of sp³-hybridized carbons (Fsp3) is 1.00. The number of phosphoric acid groups is 1. The summed E-state index contributed by atoms with van der Waals surface area (Å²) in [6.45, 7) is 0. The molecule has 0 spiro atoms. The molecule has 0 aliphatic carbocycles. The Morgan fingerprint density at radius 2 is 1.64 bits per heavy atom. The van der Waals surface area contributed by atoms with Gasteiger partial charge in [-0.1, -0.05) is 0 Å². The summed E-state index contributed by atoms with van der Waals surface area (Å²) in [5.74, 6) is 0. The third-order valence-electron chi connectivity index (χ3n) is 0.737. The maximum atomic E-state index is 8.88. The van der Waals surface area contributed by atoms with E-state index in [1.54, 1.807) is 0 Å². The zero-order valence-corrected chi connectivity index (χ0v) is 10.9. The van der Waals surface area contributed by atoms with Gasteiger partial charge in [-0.3, -0.25) is 0 Å². The quantitative estimate of drug-likeness (QED) is 0.303. The molecule has 7 heteroatoms. The first kappa shape index (κ1) is 15.1. The van der Waals surface area contributed by atoms with E-state index >= 15 is 0 Å². The molecule has 64 valence electrons. The monoisotopic (exact) mass is 256 g/mol. The molecule has 0 aromatic rings. The van der Waals surface area contributed by atoms with Gasteiger partial charge in [-0.25, -0.2) is 4.57 Å². The van der Waals surface area contributed by atoms with Crippen LogP contribution < -0.4 is 0 Å². The molecule has 0 rings (SSSR count). The van der Waals surface area contributed by atoms with E-state index in [1.807, 2.05) is 0 Å². The summed E-state index contributed by atoms with van der Waals surface area (Å²) in [4.78, 5) is 21.6. The minimum atomic E-state index is -4.64. The Kier molecular flexibility index (Phi) is 13.3. The number of unbranched alkanes of at least 4 members (excludes halogenated alkanes) is 1. The van der Waals surface area contributed by atoms with Crippen molar-refractivity contribution >= 4 is 51.7 Å². The van der Waals surface area contributed by atoms with Crippen LogP contribution in [-0.2, 0) is 4.57 Å². The van der Waals surface area contributed by atoms with Gasteiger partial charge in [-0.2, -0.15) is 0 Å². The molecular weight excluding hydrogens is 246 g/mol. The van der Waals surface area contributed by atoms with Gasteiger partial charge in [0.15, 0.2) is 0 Å². The number of hydrogen-bond acceptors (Lipinski definition) is 1. The van der Waals surface area contributed by atoms with E-state index in [9.17, 15) is 0 Å². The van der Waals surface area contributed by atoms with Gasteiger partial charge < -0.3 is 14.7 Å². The Balaban J connectivity index is 0. The van der Waals surface area contributed by atoms with Crippen LogP contribution in [0, 0.1) is 0 Å². The van der Waals surface area contributed by atoms with Gasteiger partial charge in [-0.05, 0) is 0 Å². The van der Waals surface area contributed by atoms with Gasteiger partial charge in [-0.15, -0.1) is 0 Å². The Morgan fingerprint density at radius 3 is 1.73 bits per heavy atom. The second-order valence-corrected chi connectivity index (χ2v) is 4.73. The Labute approximate surface area is 92.2 Å². The summed E-state index contributed by atoms with van der Waals surface area (Å²) in [5.41, 5.74) is 0. The van der Waals surface area contributed by atoms with Gasteiger partial charge in [0.05, 0.1) is 0 Å². The molecule has 0 fully saturated rings. The summed E-state index contributed by atoms with van der Waals surface area (Å²) < 4.78 is 10.3. The molecule has 0 aromatic carbocycles. The van der Waals surface area contributed by atoms with E-state index in [-0.39, 0.29) is 0 Å². The molecule has 0 saturated heterocycles. The molecule has 4 nitrogen and oxygen atoms in total. The van der Waals surface area contributed by atoms with Gasteiger partial charge in [0.2, 0.25) is 0 Å². The van der Waals surface area contributed by atoms with Gasteiger partial charge in [0.1, 0.15) is 0 Å². The molecule has 11 heavy (non-hydrogen) atoms. The van der Waals surface area contributed by atoms with Crippen molar-refractivity contribution in [2.24, 2.45) is 0 Å².